The molecule has 6 heterocycles. The molecule has 3 aliphatic rings. The van der Waals surface area contributed by atoms with Crippen LogP contribution >= 0.6 is 11.6 Å². The Morgan fingerprint density at radius 3 is 2.54 bits per heavy atom. The fraction of sp³-hybridized carbons (Fsp3) is 0.359. The molecular weight excluding hydrogens is 767 g/mol. The van der Waals surface area contributed by atoms with E-state index in [1.165, 1.54) is 10.8 Å². The minimum Gasteiger partial charge on any atom is -0.485 e. The quantitative estimate of drug-likeness (QED) is 0.207. The van der Waals surface area contributed by atoms with Gasteiger partial charge in [-0.05, 0) is 49.1 Å². The minimum atomic E-state index is -4.61. The maximum Gasteiger partial charge on any atom is 0.416 e. The summed E-state index contributed by atoms with van der Waals surface area (Å²) in [5, 5.41) is 7.06. The highest BCUT2D eigenvalue weighted by Gasteiger charge is 2.41. The van der Waals surface area contributed by atoms with Gasteiger partial charge in [-0.15, -0.1) is 5.10 Å². The summed E-state index contributed by atoms with van der Waals surface area (Å²) in [5.41, 5.74) is 1.91. The average Bonchev–Trinajstić information content (AvgIpc) is 3.81. The van der Waals surface area contributed by atoms with Gasteiger partial charge in [0, 0.05) is 32.1 Å². The van der Waals surface area contributed by atoms with Crippen molar-refractivity contribution >= 4 is 46.1 Å². The third kappa shape index (κ3) is 7.32. The highest BCUT2D eigenvalue weighted by molar-refractivity contribution is 6.33. The third-order valence-electron chi connectivity index (χ3n) is 10.5. The number of benzene rings is 2. The molecular formula is C39H37ClF3N9O5. The molecule has 2 atom stereocenters. The van der Waals surface area contributed by atoms with E-state index in [4.69, 9.17) is 26.1 Å². The number of fused-ring (bicyclic) bond motifs is 3. The van der Waals surface area contributed by atoms with Crippen LogP contribution in [0.1, 0.15) is 70.6 Å². The van der Waals surface area contributed by atoms with Gasteiger partial charge in [-0.1, -0.05) is 54.9 Å². The molecule has 14 nitrogen and oxygen atoms in total. The molecule has 0 aliphatic carbocycles. The lowest BCUT2D eigenvalue weighted by molar-refractivity contribution is -0.137. The molecule has 8 rings (SSSR count). The number of aromatic nitrogens is 6. The number of amides is 2. The lowest BCUT2D eigenvalue weighted by Crippen LogP contribution is -2.51. The second kappa shape index (κ2) is 15.3. The number of nitrogens with one attached hydrogen (secondary N) is 1. The monoisotopic (exact) mass is 803 g/mol. The standard InChI is InChI=1S/C39H37ClF3N9O5/c1-22-18-29(35(53)46-28-9-8-26(19-27(28)40)39(41,42)43)51-31(22)32(37(55)52-38(51)47-34(48-52)25-10-16-56-17-11-25)49-12-14-50(15-13-49)36(54)30-33(23(2)44-21-45-30)57-20-24-6-4-3-5-7-24/h3-10,19,21-22,29H,11-18,20H2,1-2H3,(H,46,53)/t22-,29+/m1/s1. The van der Waals surface area contributed by atoms with Crippen LogP contribution in [0.2, 0.25) is 5.02 Å². The molecule has 1 fully saturated rings. The molecule has 1 saturated heterocycles. The Kier molecular flexibility index (Phi) is 10.2. The molecule has 0 unspecified atom stereocenters. The minimum absolute atomic E-state index is 0.0101. The van der Waals surface area contributed by atoms with Gasteiger partial charge in [-0.25, -0.2) is 9.97 Å². The highest BCUT2D eigenvalue weighted by atomic mass is 35.5. The molecule has 0 spiro atoms. The molecule has 0 radical (unpaired) electrons. The number of halogens is 4. The van der Waals surface area contributed by atoms with Crippen molar-refractivity contribution in [3.05, 3.63) is 110 Å². The second-order valence-electron chi connectivity index (χ2n) is 14.1. The molecule has 0 bridgehead atoms. The highest BCUT2D eigenvalue weighted by Crippen LogP contribution is 2.42. The van der Waals surface area contributed by atoms with Crippen molar-refractivity contribution in [2.24, 2.45) is 0 Å². The van der Waals surface area contributed by atoms with Gasteiger partial charge >= 0.3 is 6.18 Å². The molecule has 3 aromatic heterocycles. The second-order valence-corrected chi connectivity index (χ2v) is 14.5. The summed E-state index contributed by atoms with van der Waals surface area (Å²) in [4.78, 5) is 59.4. The first kappa shape index (κ1) is 38.1. The summed E-state index contributed by atoms with van der Waals surface area (Å²) in [5.74, 6) is -0.430. The summed E-state index contributed by atoms with van der Waals surface area (Å²) < 4.78 is 54.5. The van der Waals surface area contributed by atoms with Gasteiger partial charge in [0.15, 0.2) is 17.3 Å². The van der Waals surface area contributed by atoms with Crippen molar-refractivity contribution in [3.8, 4) is 5.75 Å². The number of ether oxygens (including phenoxy) is 2. The van der Waals surface area contributed by atoms with Crippen molar-refractivity contribution in [3.63, 3.8) is 0 Å². The average molecular weight is 804 g/mol. The predicted octanol–water partition coefficient (Wildman–Crippen LogP) is 5.69. The summed E-state index contributed by atoms with van der Waals surface area (Å²) in [7, 11) is 0. The van der Waals surface area contributed by atoms with E-state index in [0.29, 0.717) is 48.3 Å². The van der Waals surface area contributed by atoms with Crippen LogP contribution in [0.3, 0.4) is 0 Å². The van der Waals surface area contributed by atoms with E-state index in [9.17, 15) is 27.6 Å². The fourth-order valence-corrected chi connectivity index (χ4v) is 7.78. The maximum atomic E-state index is 14.5. The number of piperazine rings is 1. The van der Waals surface area contributed by atoms with Crippen LogP contribution in [0.5, 0.6) is 5.75 Å². The molecule has 18 heteroatoms. The van der Waals surface area contributed by atoms with Gasteiger partial charge < -0.3 is 24.6 Å². The van der Waals surface area contributed by atoms with Gasteiger partial charge in [0.05, 0.1) is 40.9 Å². The van der Waals surface area contributed by atoms with Gasteiger partial charge in [0.2, 0.25) is 11.7 Å². The number of hydrogen-bond acceptors (Lipinski definition) is 10. The first-order chi connectivity index (χ1) is 27.4. The van der Waals surface area contributed by atoms with Crippen LogP contribution in [0.4, 0.5) is 24.5 Å². The fourth-order valence-electron chi connectivity index (χ4n) is 7.55. The smallest absolute Gasteiger partial charge is 0.416 e. The van der Waals surface area contributed by atoms with Crippen LogP contribution < -0.4 is 20.5 Å². The molecule has 296 valence electrons. The van der Waals surface area contributed by atoms with E-state index in [0.717, 1.165) is 29.3 Å². The van der Waals surface area contributed by atoms with Crippen LogP contribution in [0.25, 0.3) is 11.4 Å². The number of rotatable bonds is 8. The number of carbonyl (C=O) groups is 2. The third-order valence-corrected chi connectivity index (χ3v) is 10.8. The Morgan fingerprint density at radius 1 is 1.07 bits per heavy atom. The number of hydrogen-bond donors (Lipinski definition) is 1. The predicted molar refractivity (Wildman–Crippen MR) is 203 cm³/mol. The Bertz CT molecular complexity index is 2460. The SMILES string of the molecule is Cc1ncnc(C(=O)N2CCN(c3c4n(c5nc(C6=CCOCC6)nn5c3=O)[C@H](C(=O)Nc3ccc(C(F)(F)F)cc3Cl)C[C@H]4C)CC2)c1OCc1ccccc1. The van der Waals surface area contributed by atoms with Crippen molar-refractivity contribution in [1.82, 2.24) is 34.0 Å². The lowest BCUT2D eigenvalue weighted by Gasteiger charge is -2.36. The van der Waals surface area contributed by atoms with E-state index in [-0.39, 0.29) is 73.2 Å². The van der Waals surface area contributed by atoms with Crippen LogP contribution in [0, 0.1) is 6.92 Å². The van der Waals surface area contributed by atoms with Gasteiger partial charge in [0.25, 0.3) is 11.5 Å². The topological polar surface area (TPSA) is 149 Å². The number of nitrogens with zero attached hydrogens (tertiary/aromatic N) is 8. The van der Waals surface area contributed by atoms with Crippen molar-refractivity contribution in [2.75, 3.05) is 49.6 Å². The molecule has 57 heavy (non-hydrogen) atoms. The summed E-state index contributed by atoms with van der Waals surface area (Å²) in [6, 6.07) is 11.3. The van der Waals surface area contributed by atoms with Crippen molar-refractivity contribution in [2.45, 2.75) is 51.4 Å². The van der Waals surface area contributed by atoms with Gasteiger partial charge in [-0.3, -0.25) is 19.0 Å². The normalized spacial score (nSPS) is 18.4. The first-order valence-corrected chi connectivity index (χ1v) is 18.8. The summed E-state index contributed by atoms with van der Waals surface area (Å²) in [6.07, 6.45) is -0.652. The molecule has 5 aromatic rings. The zero-order valence-electron chi connectivity index (χ0n) is 30.9. The van der Waals surface area contributed by atoms with Crippen LogP contribution in [-0.2, 0) is 22.3 Å². The van der Waals surface area contributed by atoms with E-state index in [2.05, 4.69) is 20.4 Å². The number of carbonyl (C=O) groups excluding carboxylic acids is 2. The zero-order chi connectivity index (χ0) is 40.0. The Hall–Kier alpha value is -5.81. The van der Waals surface area contributed by atoms with E-state index < -0.39 is 29.2 Å². The zero-order valence-corrected chi connectivity index (χ0v) is 31.7. The van der Waals surface area contributed by atoms with Gasteiger partial charge in [0.1, 0.15) is 24.7 Å². The van der Waals surface area contributed by atoms with E-state index in [1.807, 2.05) is 48.2 Å². The maximum absolute atomic E-state index is 14.5. The molecule has 3 aliphatic heterocycles. The van der Waals surface area contributed by atoms with Crippen LogP contribution in [-0.4, -0.2) is 85.2 Å². The molecule has 2 amide bonds. The number of aryl methyl sites for hydroxylation is 1. The Labute approximate surface area is 328 Å². The van der Waals surface area contributed by atoms with E-state index in [1.54, 1.807) is 16.4 Å². The Morgan fingerprint density at radius 2 is 1.84 bits per heavy atom. The molecule has 1 N–H and O–H groups in total. The summed E-state index contributed by atoms with van der Waals surface area (Å²) >= 11 is 6.22. The van der Waals surface area contributed by atoms with Crippen molar-refractivity contribution in [1.29, 1.82) is 0 Å². The molecule has 0 saturated carbocycles. The van der Waals surface area contributed by atoms with Crippen molar-refractivity contribution < 1.29 is 32.2 Å². The van der Waals surface area contributed by atoms with Crippen LogP contribution in [0.15, 0.2) is 65.7 Å². The number of anilines is 2. The Balaban J connectivity index is 1.11. The number of alkyl halides is 3. The summed E-state index contributed by atoms with van der Waals surface area (Å²) in [6.45, 7) is 5.74. The first-order valence-electron chi connectivity index (χ1n) is 18.4. The van der Waals surface area contributed by atoms with E-state index >= 15 is 0 Å². The lowest BCUT2D eigenvalue weighted by atomic mass is 10.0. The van der Waals surface area contributed by atoms with Gasteiger partial charge in [-0.2, -0.15) is 22.7 Å². The molecule has 2 aromatic carbocycles. The largest absolute Gasteiger partial charge is 0.485 e.